The summed E-state index contributed by atoms with van der Waals surface area (Å²) in [6, 6.07) is 6.90. The lowest BCUT2D eigenvalue weighted by molar-refractivity contribution is -0.143. The van der Waals surface area contributed by atoms with E-state index in [4.69, 9.17) is 9.84 Å². The smallest absolute Gasteiger partial charge is 0.328 e. The average Bonchev–Trinajstić information content (AvgIpc) is 2.38. The van der Waals surface area contributed by atoms with Crippen molar-refractivity contribution in [3.63, 3.8) is 0 Å². The highest BCUT2D eigenvalue weighted by Crippen LogP contribution is 2.18. The van der Waals surface area contributed by atoms with Crippen molar-refractivity contribution in [1.29, 1.82) is 0 Å². The van der Waals surface area contributed by atoms with Gasteiger partial charge in [-0.1, -0.05) is 18.2 Å². The molecule has 0 aliphatic heterocycles. The van der Waals surface area contributed by atoms with Gasteiger partial charge in [0, 0.05) is 12.6 Å². The number of urea groups is 1. The van der Waals surface area contributed by atoms with Crippen LogP contribution in [0.25, 0.3) is 0 Å². The summed E-state index contributed by atoms with van der Waals surface area (Å²) in [6.45, 7) is 3.19. The number of para-hydroxylation sites is 1. The topological polar surface area (TPSA) is 78.9 Å². The highest BCUT2D eigenvalue weighted by molar-refractivity contribution is 5.85. The summed E-state index contributed by atoms with van der Waals surface area (Å²) in [5.41, 5.74) is -0.465. The van der Waals surface area contributed by atoms with Crippen molar-refractivity contribution >= 4 is 12.0 Å². The second-order valence-electron chi connectivity index (χ2n) is 5.03. The van der Waals surface area contributed by atoms with Crippen LogP contribution in [0.3, 0.4) is 0 Å². The molecule has 0 spiro atoms. The molecule has 20 heavy (non-hydrogen) atoms. The van der Waals surface area contributed by atoms with Crippen LogP contribution < -0.4 is 10.1 Å². The lowest BCUT2D eigenvalue weighted by atomic mass is 10.1. The summed E-state index contributed by atoms with van der Waals surface area (Å²) in [4.78, 5) is 24.4. The third-order valence-electron chi connectivity index (χ3n) is 2.90. The molecular formula is C14H20N2O4. The number of rotatable bonds is 5. The number of methoxy groups -OCH3 is 1. The third kappa shape index (κ3) is 3.88. The summed E-state index contributed by atoms with van der Waals surface area (Å²) < 4.78 is 5.21. The van der Waals surface area contributed by atoms with Gasteiger partial charge in [-0.25, -0.2) is 9.59 Å². The van der Waals surface area contributed by atoms with E-state index in [1.165, 1.54) is 18.7 Å². The number of carboxylic acid groups (broad SMARTS) is 1. The number of ether oxygens (including phenoxy) is 1. The lowest BCUT2D eigenvalue weighted by Gasteiger charge is -2.26. The molecule has 0 aromatic heterocycles. The van der Waals surface area contributed by atoms with E-state index >= 15 is 0 Å². The number of benzene rings is 1. The number of carbonyl (C=O) groups is 2. The molecule has 6 heteroatoms. The van der Waals surface area contributed by atoms with Crippen molar-refractivity contribution in [3.8, 4) is 5.75 Å². The second kappa shape index (κ2) is 6.27. The fourth-order valence-corrected chi connectivity index (χ4v) is 1.58. The first kappa shape index (κ1) is 15.8. The summed E-state index contributed by atoms with van der Waals surface area (Å²) in [7, 11) is 3.16. The molecule has 0 aliphatic carbocycles. The highest BCUT2D eigenvalue weighted by Gasteiger charge is 2.30. The number of hydrogen-bond acceptors (Lipinski definition) is 3. The monoisotopic (exact) mass is 280 g/mol. The third-order valence-corrected chi connectivity index (χ3v) is 2.90. The van der Waals surface area contributed by atoms with Crippen molar-refractivity contribution in [3.05, 3.63) is 29.8 Å². The Kier molecular flexibility index (Phi) is 4.96. The maximum atomic E-state index is 12.0. The van der Waals surface area contributed by atoms with Crippen LogP contribution in [0.4, 0.5) is 4.79 Å². The van der Waals surface area contributed by atoms with E-state index in [-0.39, 0.29) is 0 Å². The molecule has 0 radical (unpaired) electrons. The summed E-state index contributed by atoms with van der Waals surface area (Å²) in [5.74, 6) is -0.402. The van der Waals surface area contributed by atoms with E-state index in [1.54, 1.807) is 14.2 Å². The Morgan fingerprint density at radius 1 is 1.35 bits per heavy atom. The molecule has 0 fully saturated rings. The van der Waals surface area contributed by atoms with Crippen LogP contribution in [0.2, 0.25) is 0 Å². The van der Waals surface area contributed by atoms with Crippen molar-refractivity contribution < 1.29 is 19.4 Å². The number of nitrogens with zero attached hydrogens (tertiary/aromatic N) is 1. The molecule has 0 aliphatic rings. The average molecular weight is 280 g/mol. The molecule has 2 amide bonds. The highest BCUT2D eigenvalue weighted by atomic mass is 16.5. The van der Waals surface area contributed by atoms with Crippen molar-refractivity contribution in [2.24, 2.45) is 0 Å². The molecule has 0 heterocycles. The largest absolute Gasteiger partial charge is 0.496 e. The number of carbonyl (C=O) groups excluding carboxylic acids is 1. The van der Waals surface area contributed by atoms with Crippen LogP contribution in [0, 0.1) is 0 Å². The summed E-state index contributed by atoms with van der Waals surface area (Å²) in [5, 5.41) is 11.5. The first-order valence-electron chi connectivity index (χ1n) is 6.16. The maximum absolute atomic E-state index is 12.0. The summed E-state index contributed by atoms with van der Waals surface area (Å²) >= 11 is 0. The molecule has 110 valence electrons. The van der Waals surface area contributed by atoms with Gasteiger partial charge in [0.05, 0.1) is 13.7 Å². The van der Waals surface area contributed by atoms with Gasteiger partial charge >= 0.3 is 12.0 Å². The van der Waals surface area contributed by atoms with Gasteiger partial charge < -0.3 is 20.1 Å². The maximum Gasteiger partial charge on any atom is 0.328 e. The predicted octanol–water partition coefficient (Wildman–Crippen LogP) is 1.70. The fourth-order valence-electron chi connectivity index (χ4n) is 1.58. The minimum Gasteiger partial charge on any atom is -0.496 e. The standard InChI is InChI=1S/C14H20N2O4/c1-14(2,12(17)18)15-13(19)16(3)9-10-7-5-6-8-11(10)20-4/h5-8H,9H2,1-4H3,(H,15,19)(H,17,18). The molecule has 2 N–H and O–H groups in total. The van der Waals surface area contributed by atoms with E-state index in [0.29, 0.717) is 12.3 Å². The van der Waals surface area contributed by atoms with Gasteiger partial charge in [0.25, 0.3) is 0 Å². The normalized spacial score (nSPS) is 10.8. The van der Waals surface area contributed by atoms with Crippen LogP contribution in [0.5, 0.6) is 5.75 Å². The Bertz CT molecular complexity index is 500. The molecule has 0 saturated carbocycles. The number of amides is 2. The van der Waals surface area contributed by atoms with Gasteiger partial charge in [-0.05, 0) is 19.9 Å². The lowest BCUT2D eigenvalue weighted by Crippen LogP contribution is -2.53. The van der Waals surface area contributed by atoms with Crippen molar-refractivity contribution in [1.82, 2.24) is 10.2 Å². The van der Waals surface area contributed by atoms with E-state index < -0.39 is 17.5 Å². The van der Waals surface area contributed by atoms with Crippen LogP contribution >= 0.6 is 0 Å². The second-order valence-corrected chi connectivity index (χ2v) is 5.03. The zero-order valence-corrected chi connectivity index (χ0v) is 12.1. The first-order chi connectivity index (χ1) is 9.27. The molecule has 0 saturated heterocycles. The van der Waals surface area contributed by atoms with Crippen LogP contribution in [-0.2, 0) is 11.3 Å². The Morgan fingerprint density at radius 2 is 1.95 bits per heavy atom. The predicted molar refractivity (Wildman–Crippen MR) is 74.7 cm³/mol. The van der Waals surface area contributed by atoms with Gasteiger partial charge in [0.15, 0.2) is 0 Å². The van der Waals surface area contributed by atoms with Crippen LogP contribution in [-0.4, -0.2) is 41.7 Å². The zero-order chi connectivity index (χ0) is 15.3. The molecule has 6 nitrogen and oxygen atoms in total. The quantitative estimate of drug-likeness (QED) is 0.860. The van der Waals surface area contributed by atoms with Gasteiger partial charge in [0.2, 0.25) is 0 Å². The van der Waals surface area contributed by atoms with Crippen molar-refractivity contribution in [2.45, 2.75) is 25.9 Å². The van der Waals surface area contributed by atoms with E-state index in [9.17, 15) is 9.59 Å². The number of nitrogens with one attached hydrogen (secondary N) is 1. The Morgan fingerprint density at radius 3 is 2.50 bits per heavy atom. The minimum absolute atomic E-state index is 0.325. The molecule has 0 bridgehead atoms. The van der Waals surface area contributed by atoms with Crippen LogP contribution in [0.15, 0.2) is 24.3 Å². The first-order valence-corrected chi connectivity index (χ1v) is 6.16. The van der Waals surface area contributed by atoms with Gasteiger partial charge in [-0.2, -0.15) is 0 Å². The summed E-state index contributed by atoms with van der Waals surface area (Å²) in [6.07, 6.45) is 0. The molecule has 1 aromatic carbocycles. The zero-order valence-electron chi connectivity index (χ0n) is 12.1. The van der Waals surface area contributed by atoms with E-state index in [2.05, 4.69) is 5.32 Å². The van der Waals surface area contributed by atoms with Gasteiger partial charge in [-0.15, -0.1) is 0 Å². The molecule has 0 unspecified atom stereocenters. The van der Waals surface area contributed by atoms with Gasteiger partial charge in [-0.3, -0.25) is 0 Å². The Labute approximate surface area is 118 Å². The van der Waals surface area contributed by atoms with E-state index in [1.807, 2.05) is 24.3 Å². The molecule has 0 atom stereocenters. The number of hydrogen-bond donors (Lipinski definition) is 2. The fraction of sp³-hybridized carbons (Fsp3) is 0.429. The number of aliphatic carboxylic acids is 1. The van der Waals surface area contributed by atoms with Crippen molar-refractivity contribution in [2.75, 3.05) is 14.2 Å². The Balaban J connectivity index is 2.74. The van der Waals surface area contributed by atoms with Gasteiger partial charge in [0.1, 0.15) is 11.3 Å². The minimum atomic E-state index is -1.31. The molecular weight excluding hydrogens is 260 g/mol. The molecule has 1 aromatic rings. The Hall–Kier alpha value is -2.24. The van der Waals surface area contributed by atoms with E-state index in [0.717, 1.165) is 5.56 Å². The number of carboxylic acids is 1. The molecule has 1 rings (SSSR count). The van der Waals surface area contributed by atoms with Crippen LogP contribution in [0.1, 0.15) is 19.4 Å². The SMILES string of the molecule is COc1ccccc1CN(C)C(=O)NC(C)(C)C(=O)O.